The van der Waals surface area contributed by atoms with Crippen LogP contribution in [0.2, 0.25) is 10.0 Å². The van der Waals surface area contributed by atoms with Crippen LogP contribution in [0.4, 0.5) is 17.5 Å². The van der Waals surface area contributed by atoms with E-state index in [0.29, 0.717) is 27.7 Å². The molecule has 0 fully saturated rings. The molecule has 0 aliphatic carbocycles. The zero-order chi connectivity index (χ0) is 15.4. The van der Waals surface area contributed by atoms with Gasteiger partial charge in [-0.25, -0.2) is 4.98 Å². The van der Waals surface area contributed by atoms with Gasteiger partial charge in [-0.15, -0.1) is 0 Å². The number of rotatable bonds is 5. The SMILES string of the molecule is CCC(C)Nc1cc(C)nc(Nc2cc(Cl)ccc2Cl)n1. The second-order valence-corrected chi connectivity index (χ2v) is 5.76. The number of hydrogen-bond donors (Lipinski definition) is 2. The van der Waals surface area contributed by atoms with Gasteiger partial charge in [0.2, 0.25) is 5.95 Å². The predicted octanol–water partition coefficient (Wildman–Crippen LogP) is 5.05. The lowest BCUT2D eigenvalue weighted by molar-refractivity contribution is 0.758. The molecule has 1 heterocycles. The summed E-state index contributed by atoms with van der Waals surface area (Å²) in [5.74, 6) is 1.28. The van der Waals surface area contributed by atoms with Crippen LogP contribution in [-0.2, 0) is 0 Å². The number of nitrogens with one attached hydrogen (secondary N) is 2. The monoisotopic (exact) mass is 324 g/mol. The quantitative estimate of drug-likeness (QED) is 0.808. The summed E-state index contributed by atoms with van der Waals surface area (Å²) in [7, 11) is 0. The topological polar surface area (TPSA) is 49.8 Å². The van der Waals surface area contributed by atoms with Gasteiger partial charge in [-0.3, -0.25) is 0 Å². The lowest BCUT2D eigenvalue weighted by atomic mass is 10.2. The first-order valence-corrected chi connectivity index (χ1v) is 7.58. The van der Waals surface area contributed by atoms with Crippen molar-refractivity contribution in [3.63, 3.8) is 0 Å². The number of aryl methyl sites for hydroxylation is 1. The smallest absolute Gasteiger partial charge is 0.229 e. The molecule has 112 valence electrons. The van der Waals surface area contributed by atoms with E-state index < -0.39 is 0 Å². The van der Waals surface area contributed by atoms with Gasteiger partial charge in [0.25, 0.3) is 0 Å². The Balaban J connectivity index is 2.25. The van der Waals surface area contributed by atoms with Gasteiger partial charge in [-0.05, 0) is 38.5 Å². The molecule has 1 atom stereocenters. The van der Waals surface area contributed by atoms with E-state index in [1.807, 2.05) is 13.0 Å². The average Bonchev–Trinajstić information content (AvgIpc) is 2.42. The molecule has 0 spiro atoms. The third-order valence-electron chi connectivity index (χ3n) is 3.04. The summed E-state index contributed by atoms with van der Waals surface area (Å²) in [6.07, 6.45) is 1.02. The van der Waals surface area contributed by atoms with Crippen LogP contribution in [0.3, 0.4) is 0 Å². The molecule has 0 radical (unpaired) electrons. The number of anilines is 3. The molecule has 2 aromatic rings. The highest BCUT2D eigenvalue weighted by molar-refractivity contribution is 6.35. The number of halogens is 2. The third kappa shape index (κ3) is 4.48. The van der Waals surface area contributed by atoms with Crippen molar-refractivity contribution in [2.24, 2.45) is 0 Å². The summed E-state index contributed by atoms with van der Waals surface area (Å²) in [4.78, 5) is 8.82. The van der Waals surface area contributed by atoms with Gasteiger partial charge in [0.05, 0.1) is 10.7 Å². The van der Waals surface area contributed by atoms with Crippen molar-refractivity contribution in [3.8, 4) is 0 Å². The van der Waals surface area contributed by atoms with Crippen LogP contribution in [0.15, 0.2) is 24.3 Å². The van der Waals surface area contributed by atoms with Crippen LogP contribution in [-0.4, -0.2) is 16.0 Å². The third-order valence-corrected chi connectivity index (χ3v) is 3.60. The fourth-order valence-corrected chi connectivity index (χ4v) is 2.10. The lowest BCUT2D eigenvalue weighted by Gasteiger charge is -2.14. The van der Waals surface area contributed by atoms with Crippen LogP contribution in [0.1, 0.15) is 26.0 Å². The molecule has 4 nitrogen and oxygen atoms in total. The van der Waals surface area contributed by atoms with Gasteiger partial charge in [-0.2, -0.15) is 4.98 Å². The van der Waals surface area contributed by atoms with Crippen LogP contribution in [0.5, 0.6) is 0 Å². The van der Waals surface area contributed by atoms with E-state index in [1.165, 1.54) is 0 Å². The van der Waals surface area contributed by atoms with Crippen molar-refractivity contribution >= 4 is 40.7 Å². The molecule has 6 heteroatoms. The van der Waals surface area contributed by atoms with E-state index >= 15 is 0 Å². The minimum Gasteiger partial charge on any atom is -0.367 e. The maximum absolute atomic E-state index is 6.14. The van der Waals surface area contributed by atoms with E-state index in [9.17, 15) is 0 Å². The Morgan fingerprint density at radius 2 is 1.95 bits per heavy atom. The number of aromatic nitrogens is 2. The molecular formula is C15H18Cl2N4. The second-order valence-electron chi connectivity index (χ2n) is 4.92. The van der Waals surface area contributed by atoms with Gasteiger partial charge >= 0.3 is 0 Å². The molecule has 2 rings (SSSR count). The minimum absolute atomic E-state index is 0.349. The summed E-state index contributed by atoms with van der Waals surface area (Å²) < 4.78 is 0. The predicted molar refractivity (Wildman–Crippen MR) is 89.9 cm³/mol. The Morgan fingerprint density at radius 1 is 1.19 bits per heavy atom. The molecule has 0 amide bonds. The van der Waals surface area contributed by atoms with E-state index in [0.717, 1.165) is 17.9 Å². The fraction of sp³-hybridized carbons (Fsp3) is 0.333. The minimum atomic E-state index is 0.349. The van der Waals surface area contributed by atoms with Gasteiger partial charge in [0.1, 0.15) is 5.82 Å². The summed E-state index contributed by atoms with van der Waals surface area (Å²) in [6.45, 7) is 6.16. The van der Waals surface area contributed by atoms with Crippen LogP contribution >= 0.6 is 23.2 Å². The first kappa shape index (κ1) is 15.9. The average molecular weight is 325 g/mol. The van der Waals surface area contributed by atoms with Crippen molar-refractivity contribution in [1.82, 2.24) is 9.97 Å². The van der Waals surface area contributed by atoms with Crippen molar-refractivity contribution in [2.45, 2.75) is 33.2 Å². The Kier molecular flexibility index (Phi) is 5.26. The summed E-state index contributed by atoms with van der Waals surface area (Å²) in [5.41, 5.74) is 1.56. The van der Waals surface area contributed by atoms with Gasteiger partial charge in [0.15, 0.2) is 0 Å². The van der Waals surface area contributed by atoms with Gasteiger partial charge < -0.3 is 10.6 Å². The highest BCUT2D eigenvalue weighted by atomic mass is 35.5. The molecule has 1 aromatic carbocycles. The standard InChI is InChI=1S/C15H18Cl2N4/c1-4-9(2)18-14-7-10(3)19-15(21-14)20-13-8-11(16)5-6-12(13)17/h5-9H,4H2,1-3H3,(H2,18,19,20,21). The zero-order valence-corrected chi connectivity index (χ0v) is 13.8. The van der Waals surface area contributed by atoms with E-state index in [1.54, 1.807) is 18.2 Å². The van der Waals surface area contributed by atoms with Crippen molar-refractivity contribution in [1.29, 1.82) is 0 Å². The molecular weight excluding hydrogens is 307 g/mol. The molecule has 1 unspecified atom stereocenters. The molecule has 0 aliphatic heterocycles. The first-order valence-electron chi connectivity index (χ1n) is 6.82. The summed E-state index contributed by atoms with van der Waals surface area (Å²) >= 11 is 12.1. The molecule has 1 aromatic heterocycles. The van der Waals surface area contributed by atoms with Crippen molar-refractivity contribution in [2.75, 3.05) is 10.6 Å². The molecule has 0 saturated heterocycles. The van der Waals surface area contributed by atoms with Gasteiger partial charge in [0, 0.05) is 22.8 Å². The fourth-order valence-electron chi connectivity index (χ4n) is 1.77. The Bertz CT molecular complexity index is 631. The Morgan fingerprint density at radius 3 is 2.67 bits per heavy atom. The molecule has 0 aliphatic rings. The summed E-state index contributed by atoms with van der Waals surface area (Å²) in [5, 5.41) is 7.62. The van der Waals surface area contributed by atoms with E-state index in [2.05, 4.69) is 34.4 Å². The summed E-state index contributed by atoms with van der Waals surface area (Å²) in [6, 6.07) is 7.48. The molecule has 21 heavy (non-hydrogen) atoms. The van der Waals surface area contributed by atoms with E-state index in [-0.39, 0.29) is 0 Å². The lowest BCUT2D eigenvalue weighted by Crippen LogP contribution is -2.15. The molecule has 0 bridgehead atoms. The maximum Gasteiger partial charge on any atom is 0.229 e. The maximum atomic E-state index is 6.14. The van der Waals surface area contributed by atoms with Crippen LogP contribution < -0.4 is 10.6 Å². The highest BCUT2D eigenvalue weighted by Crippen LogP contribution is 2.27. The van der Waals surface area contributed by atoms with Crippen molar-refractivity contribution in [3.05, 3.63) is 40.0 Å². The number of hydrogen-bond acceptors (Lipinski definition) is 4. The molecule has 2 N–H and O–H groups in total. The highest BCUT2D eigenvalue weighted by Gasteiger charge is 2.07. The van der Waals surface area contributed by atoms with Crippen LogP contribution in [0, 0.1) is 6.92 Å². The Hall–Kier alpha value is -1.52. The largest absolute Gasteiger partial charge is 0.367 e. The van der Waals surface area contributed by atoms with Crippen LogP contribution in [0.25, 0.3) is 0 Å². The molecule has 0 saturated carbocycles. The first-order chi connectivity index (χ1) is 9.97. The zero-order valence-electron chi connectivity index (χ0n) is 12.2. The second kappa shape index (κ2) is 6.96. The Labute approximate surface area is 134 Å². The number of benzene rings is 1. The van der Waals surface area contributed by atoms with Crippen molar-refractivity contribution < 1.29 is 0 Å². The number of nitrogens with zero attached hydrogens (tertiary/aromatic N) is 2. The van der Waals surface area contributed by atoms with E-state index in [4.69, 9.17) is 23.2 Å². The van der Waals surface area contributed by atoms with Gasteiger partial charge in [-0.1, -0.05) is 30.1 Å². The normalized spacial score (nSPS) is 12.0.